The molecule has 2 rings (SSSR count). The van der Waals surface area contributed by atoms with Crippen LogP contribution < -0.4 is 10.1 Å². The van der Waals surface area contributed by atoms with Crippen LogP contribution in [0.3, 0.4) is 0 Å². The molecule has 0 unspecified atom stereocenters. The van der Waals surface area contributed by atoms with Gasteiger partial charge >= 0.3 is 12.1 Å². The van der Waals surface area contributed by atoms with E-state index in [-0.39, 0.29) is 16.9 Å². The summed E-state index contributed by atoms with van der Waals surface area (Å²) in [6.45, 7) is 9.21. The summed E-state index contributed by atoms with van der Waals surface area (Å²) in [4.78, 5) is 27.1. The third-order valence-electron chi connectivity index (χ3n) is 7.17. The number of carbonyl (C=O) groups is 2. The van der Waals surface area contributed by atoms with Gasteiger partial charge in [-0.2, -0.15) is 0 Å². The molecule has 1 fully saturated rings. The van der Waals surface area contributed by atoms with Crippen molar-refractivity contribution in [2.24, 2.45) is 11.3 Å². The Morgan fingerprint density at radius 2 is 1.84 bits per heavy atom. The lowest BCUT2D eigenvalue weighted by atomic mass is 9.71. The summed E-state index contributed by atoms with van der Waals surface area (Å²) in [7, 11) is 4.21. The lowest BCUT2D eigenvalue weighted by molar-refractivity contribution is -0.137. The van der Waals surface area contributed by atoms with Crippen molar-refractivity contribution in [3.8, 4) is 5.75 Å². The normalized spacial score (nSPS) is 17.6. The molecule has 32 heavy (non-hydrogen) atoms. The second kappa shape index (κ2) is 11.7. The van der Waals surface area contributed by atoms with Gasteiger partial charge < -0.3 is 14.8 Å². The van der Waals surface area contributed by atoms with E-state index >= 15 is 0 Å². The van der Waals surface area contributed by atoms with E-state index in [2.05, 4.69) is 51.1 Å². The second-order valence-electron chi connectivity index (χ2n) is 9.64. The minimum Gasteiger partial charge on any atom is -0.450 e. The second-order valence-corrected chi connectivity index (χ2v) is 9.64. The number of hydrogen-bond acceptors (Lipinski definition) is 5. The van der Waals surface area contributed by atoms with Gasteiger partial charge in [0.2, 0.25) is 0 Å². The minimum absolute atomic E-state index is 0.128. The van der Waals surface area contributed by atoms with Gasteiger partial charge in [0.05, 0.1) is 13.0 Å². The fourth-order valence-corrected chi connectivity index (χ4v) is 5.50. The van der Waals surface area contributed by atoms with Crippen molar-refractivity contribution in [1.29, 1.82) is 0 Å². The first-order valence-electron chi connectivity index (χ1n) is 12.1. The molecule has 0 saturated heterocycles. The number of nitrogens with one attached hydrogen (secondary N) is 1. The van der Waals surface area contributed by atoms with Gasteiger partial charge in [-0.15, -0.1) is 0 Å². The van der Waals surface area contributed by atoms with E-state index in [1.165, 1.54) is 0 Å². The molecule has 1 aliphatic rings. The van der Waals surface area contributed by atoms with Gasteiger partial charge in [-0.3, -0.25) is 9.69 Å². The third-order valence-corrected chi connectivity index (χ3v) is 7.17. The molecule has 6 heteroatoms. The molecule has 1 atom stereocenters. The zero-order valence-electron chi connectivity index (χ0n) is 20.8. The summed E-state index contributed by atoms with van der Waals surface area (Å²) < 4.78 is 10.8. The summed E-state index contributed by atoms with van der Waals surface area (Å²) in [5.74, 6) is 0.733. The lowest BCUT2D eigenvalue weighted by Gasteiger charge is -2.43. The molecular formula is C26H42N2O4. The van der Waals surface area contributed by atoms with Gasteiger partial charge in [0.1, 0.15) is 5.75 Å². The van der Waals surface area contributed by atoms with Gasteiger partial charge in [0, 0.05) is 12.1 Å². The topological polar surface area (TPSA) is 67.9 Å². The van der Waals surface area contributed by atoms with Gasteiger partial charge in [0.25, 0.3) is 0 Å². The molecule has 1 amide bonds. The molecule has 6 nitrogen and oxygen atoms in total. The van der Waals surface area contributed by atoms with E-state index in [0.717, 1.165) is 44.1 Å². The Morgan fingerprint density at radius 3 is 2.41 bits per heavy atom. The Kier molecular flexibility index (Phi) is 9.56. The zero-order chi connectivity index (χ0) is 23.8. The zero-order valence-corrected chi connectivity index (χ0v) is 20.8. The molecule has 1 N–H and O–H groups in total. The summed E-state index contributed by atoms with van der Waals surface area (Å²) >= 11 is 0. The number of amides is 1. The van der Waals surface area contributed by atoms with Crippen LogP contribution in [0, 0.1) is 11.3 Å². The van der Waals surface area contributed by atoms with Crippen molar-refractivity contribution in [2.45, 2.75) is 78.2 Å². The summed E-state index contributed by atoms with van der Waals surface area (Å²) in [6.07, 6.45) is 5.91. The van der Waals surface area contributed by atoms with E-state index in [0.29, 0.717) is 31.2 Å². The van der Waals surface area contributed by atoms with Crippen molar-refractivity contribution in [1.82, 2.24) is 10.2 Å². The number of esters is 1. The Hall–Kier alpha value is -2.08. The van der Waals surface area contributed by atoms with Crippen LogP contribution in [-0.2, 0) is 15.1 Å². The van der Waals surface area contributed by atoms with Crippen molar-refractivity contribution in [3.05, 3.63) is 29.8 Å². The fourth-order valence-electron chi connectivity index (χ4n) is 5.50. The predicted octanol–water partition coefficient (Wildman–Crippen LogP) is 5.50. The number of ether oxygens (including phenoxy) is 2. The number of rotatable bonds is 10. The molecule has 0 radical (unpaired) electrons. The first kappa shape index (κ1) is 26.2. The number of alkyl carbamates (subject to hydrolysis) is 1. The van der Waals surface area contributed by atoms with Crippen molar-refractivity contribution >= 4 is 12.1 Å². The first-order valence-corrected chi connectivity index (χ1v) is 12.1. The molecule has 0 heterocycles. The van der Waals surface area contributed by atoms with Crippen molar-refractivity contribution in [2.75, 3.05) is 27.2 Å². The maximum atomic E-state index is 13.0. The average molecular weight is 447 g/mol. The molecule has 0 bridgehead atoms. The summed E-state index contributed by atoms with van der Waals surface area (Å²) in [5.41, 5.74) is 0.757. The van der Waals surface area contributed by atoms with E-state index in [9.17, 15) is 9.59 Å². The largest absolute Gasteiger partial charge is 0.450 e. The Balaban J connectivity index is 2.15. The number of nitrogens with zero attached hydrogens (tertiary/aromatic N) is 1. The van der Waals surface area contributed by atoms with Crippen molar-refractivity contribution < 1.29 is 19.1 Å². The van der Waals surface area contributed by atoms with Crippen LogP contribution >= 0.6 is 0 Å². The monoisotopic (exact) mass is 446 g/mol. The molecule has 180 valence electrons. The van der Waals surface area contributed by atoms with Crippen LogP contribution in [0.1, 0.15) is 78.2 Å². The van der Waals surface area contributed by atoms with E-state index in [4.69, 9.17) is 9.47 Å². The molecule has 1 saturated carbocycles. The first-order chi connectivity index (χ1) is 15.2. The maximum Gasteiger partial charge on any atom is 0.407 e. The Morgan fingerprint density at radius 1 is 1.16 bits per heavy atom. The van der Waals surface area contributed by atoms with Crippen LogP contribution in [-0.4, -0.2) is 44.2 Å². The minimum atomic E-state index is -0.424. The smallest absolute Gasteiger partial charge is 0.407 e. The molecular weight excluding hydrogens is 404 g/mol. The molecule has 1 aliphatic carbocycles. The fraction of sp³-hybridized carbons (Fsp3) is 0.692. The number of carbonyl (C=O) groups excluding carboxylic acids is 2. The van der Waals surface area contributed by atoms with Crippen molar-refractivity contribution in [3.63, 3.8) is 0 Å². The number of hydrogen-bond donors (Lipinski definition) is 1. The SMILES string of the molecule is CCOC(=O)NCC1(CC(=O)Oc2cccc([C@](CC)(C(C)C)N(C)C)c2)CCCCC1. The highest BCUT2D eigenvalue weighted by atomic mass is 16.5. The van der Waals surface area contributed by atoms with Crippen LogP contribution in [0.2, 0.25) is 0 Å². The average Bonchev–Trinajstić information content (AvgIpc) is 2.74. The van der Waals surface area contributed by atoms with Crippen LogP contribution in [0.25, 0.3) is 0 Å². The van der Waals surface area contributed by atoms with E-state index in [1.54, 1.807) is 6.92 Å². The lowest BCUT2D eigenvalue weighted by Crippen LogP contribution is -2.45. The molecule has 1 aromatic carbocycles. The third kappa shape index (κ3) is 6.25. The molecule has 0 aromatic heterocycles. The highest BCUT2D eigenvalue weighted by Crippen LogP contribution is 2.41. The van der Waals surface area contributed by atoms with Crippen LogP contribution in [0.5, 0.6) is 5.75 Å². The number of benzene rings is 1. The Labute approximate surface area is 194 Å². The standard InChI is InChI=1S/C26H42N2O4/c1-7-26(20(3)4,28(5)6)21-13-12-14-22(17-21)32-23(29)18-25(15-10-9-11-16-25)19-27-24(30)31-8-2/h12-14,17,20H,7-11,15-16,18-19H2,1-6H3,(H,27,30)/t26-/m0/s1. The highest BCUT2D eigenvalue weighted by molar-refractivity contribution is 5.73. The quantitative estimate of drug-likeness (QED) is 0.380. The maximum absolute atomic E-state index is 13.0. The van der Waals surface area contributed by atoms with Crippen LogP contribution in [0.15, 0.2) is 24.3 Å². The predicted molar refractivity (Wildman–Crippen MR) is 128 cm³/mol. The summed E-state index contributed by atoms with van der Waals surface area (Å²) in [6, 6.07) is 7.94. The van der Waals surface area contributed by atoms with Gasteiger partial charge in [-0.25, -0.2) is 4.79 Å². The molecule has 0 spiro atoms. The van der Waals surface area contributed by atoms with Gasteiger partial charge in [-0.1, -0.05) is 52.2 Å². The molecule has 0 aliphatic heterocycles. The molecule has 1 aromatic rings. The van der Waals surface area contributed by atoms with E-state index < -0.39 is 6.09 Å². The van der Waals surface area contributed by atoms with Crippen LogP contribution in [0.4, 0.5) is 4.79 Å². The highest BCUT2D eigenvalue weighted by Gasteiger charge is 2.37. The Bertz CT molecular complexity index is 746. The van der Waals surface area contributed by atoms with Gasteiger partial charge in [-0.05, 0) is 69.3 Å². The van der Waals surface area contributed by atoms with Gasteiger partial charge in [0.15, 0.2) is 0 Å². The van der Waals surface area contributed by atoms with E-state index in [1.807, 2.05) is 18.2 Å². The summed E-state index contributed by atoms with van der Waals surface area (Å²) in [5, 5.41) is 2.85.